The lowest BCUT2D eigenvalue weighted by molar-refractivity contribution is 0.556. The van der Waals surface area contributed by atoms with E-state index in [-0.39, 0.29) is 15.6 Å². The van der Waals surface area contributed by atoms with E-state index in [2.05, 4.69) is 5.43 Å². The third-order valence-corrected chi connectivity index (χ3v) is 3.40. The molecule has 2 nitrogen and oxygen atoms in total. The Morgan fingerprint density at radius 1 is 1.05 bits per heavy atom. The summed E-state index contributed by atoms with van der Waals surface area (Å²) >= 11 is 12.0. The number of hydrazine groups is 1. The third kappa shape index (κ3) is 2.87. The van der Waals surface area contributed by atoms with Crippen LogP contribution >= 0.6 is 23.2 Å². The summed E-state index contributed by atoms with van der Waals surface area (Å²) in [5.74, 6) is 4.40. The molecule has 19 heavy (non-hydrogen) atoms. The molecule has 100 valence electrons. The van der Waals surface area contributed by atoms with Crippen LogP contribution in [-0.4, -0.2) is 0 Å². The second kappa shape index (κ2) is 5.84. The monoisotopic (exact) mass is 302 g/mol. The van der Waals surface area contributed by atoms with E-state index in [0.29, 0.717) is 5.56 Å². The highest BCUT2D eigenvalue weighted by Gasteiger charge is 2.22. The van der Waals surface area contributed by atoms with Crippen molar-refractivity contribution in [3.8, 4) is 0 Å². The lowest BCUT2D eigenvalue weighted by Crippen LogP contribution is -2.30. The van der Waals surface area contributed by atoms with Crippen molar-refractivity contribution in [1.29, 1.82) is 0 Å². The molecule has 0 aliphatic carbocycles. The molecule has 3 N–H and O–H groups in total. The van der Waals surface area contributed by atoms with Gasteiger partial charge in [-0.2, -0.15) is 0 Å². The molecule has 0 aliphatic heterocycles. The van der Waals surface area contributed by atoms with Crippen LogP contribution in [0.25, 0.3) is 0 Å². The summed E-state index contributed by atoms with van der Waals surface area (Å²) in [6.45, 7) is 0. The highest BCUT2D eigenvalue weighted by molar-refractivity contribution is 6.32. The van der Waals surface area contributed by atoms with Crippen LogP contribution < -0.4 is 11.3 Å². The normalized spacial score (nSPS) is 12.5. The number of hydrogen-bond donors (Lipinski definition) is 2. The summed E-state index contributed by atoms with van der Waals surface area (Å²) in [5.41, 5.74) is 2.85. The van der Waals surface area contributed by atoms with Gasteiger partial charge in [0.05, 0.1) is 6.04 Å². The second-order valence-electron chi connectivity index (χ2n) is 3.90. The lowest BCUT2D eigenvalue weighted by Gasteiger charge is -2.20. The fraction of sp³-hybridized carbons (Fsp3) is 0.0769. The summed E-state index contributed by atoms with van der Waals surface area (Å²) in [6, 6.07) is 7.19. The first-order valence-electron chi connectivity index (χ1n) is 5.39. The van der Waals surface area contributed by atoms with Gasteiger partial charge in [0.15, 0.2) is 0 Å². The topological polar surface area (TPSA) is 38.0 Å². The van der Waals surface area contributed by atoms with Crippen molar-refractivity contribution in [2.24, 2.45) is 5.84 Å². The first kappa shape index (κ1) is 14.2. The number of rotatable bonds is 3. The van der Waals surface area contributed by atoms with Crippen LogP contribution in [0.5, 0.6) is 0 Å². The van der Waals surface area contributed by atoms with Crippen LogP contribution in [0.4, 0.5) is 8.78 Å². The van der Waals surface area contributed by atoms with Gasteiger partial charge in [0, 0.05) is 15.6 Å². The van der Waals surface area contributed by atoms with E-state index in [1.807, 2.05) is 0 Å². The molecule has 2 rings (SSSR count). The highest BCUT2D eigenvalue weighted by atomic mass is 35.5. The Balaban J connectivity index is 2.59. The lowest BCUT2D eigenvalue weighted by atomic mass is 9.98. The maximum Gasteiger partial charge on any atom is 0.129 e. The van der Waals surface area contributed by atoms with Gasteiger partial charge in [-0.15, -0.1) is 0 Å². The van der Waals surface area contributed by atoms with Gasteiger partial charge >= 0.3 is 0 Å². The van der Waals surface area contributed by atoms with E-state index >= 15 is 0 Å². The number of halogens is 4. The first-order chi connectivity index (χ1) is 9.04. The molecule has 0 fully saturated rings. The van der Waals surface area contributed by atoms with Gasteiger partial charge in [0.25, 0.3) is 0 Å². The molecule has 0 radical (unpaired) electrons. The fourth-order valence-electron chi connectivity index (χ4n) is 1.85. The minimum atomic E-state index is -0.836. The highest BCUT2D eigenvalue weighted by Crippen LogP contribution is 2.33. The second-order valence-corrected chi connectivity index (χ2v) is 4.72. The number of nitrogens with two attached hydrogens (primary N) is 1. The van der Waals surface area contributed by atoms with Gasteiger partial charge in [0.2, 0.25) is 0 Å². The van der Waals surface area contributed by atoms with Gasteiger partial charge in [-0.3, -0.25) is 5.84 Å². The van der Waals surface area contributed by atoms with Crippen molar-refractivity contribution in [3.05, 3.63) is 69.2 Å². The van der Waals surface area contributed by atoms with Crippen LogP contribution in [-0.2, 0) is 0 Å². The largest absolute Gasteiger partial charge is 0.271 e. The zero-order valence-corrected chi connectivity index (χ0v) is 11.1. The smallest absolute Gasteiger partial charge is 0.129 e. The average molecular weight is 303 g/mol. The van der Waals surface area contributed by atoms with E-state index < -0.39 is 17.7 Å². The molecule has 2 aromatic rings. The predicted octanol–water partition coefficient (Wildman–Crippen LogP) is 3.82. The number of hydrogen-bond acceptors (Lipinski definition) is 2. The Morgan fingerprint density at radius 2 is 1.79 bits per heavy atom. The maximum absolute atomic E-state index is 13.9. The number of benzene rings is 2. The van der Waals surface area contributed by atoms with E-state index in [1.165, 1.54) is 36.4 Å². The Kier molecular flexibility index (Phi) is 4.37. The van der Waals surface area contributed by atoms with Gasteiger partial charge < -0.3 is 0 Å². The van der Waals surface area contributed by atoms with Crippen molar-refractivity contribution in [2.45, 2.75) is 6.04 Å². The molecule has 0 saturated carbocycles. The Hall–Kier alpha value is -1.20. The van der Waals surface area contributed by atoms with E-state index in [4.69, 9.17) is 29.0 Å². The molecule has 0 heterocycles. The van der Waals surface area contributed by atoms with Crippen LogP contribution in [0.2, 0.25) is 10.0 Å². The average Bonchev–Trinajstić information content (AvgIpc) is 2.37. The molecule has 1 atom stereocenters. The van der Waals surface area contributed by atoms with Gasteiger partial charge in [0.1, 0.15) is 11.6 Å². The number of nitrogens with one attached hydrogen (secondary N) is 1. The molecule has 2 aromatic carbocycles. The molecule has 6 heteroatoms. The zero-order chi connectivity index (χ0) is 14.0. The van der Waals surface area contributed by atoms with Gasteiger partial charge in [-0.1, -0.05) is 29.3 Å². The predicted molar refractivity (Wildman–Crippen MR) is 72.0 cm³/mol. The molecule has 0 spiro atoms. The van der Waals surface area contributed by atoms with Crippen LogP contribution in [0.1, 0.15) is 17.2 Å². The summed E-state index contributed by atoms with van der Waals surface area (Å²) in [4.78, 5) is 0. The van der Waals surface area contributed by atoms with Crippen LogP contribution in [0, 0.1) is 11.6 Å². The van der Waals surface area contributed by atoms with E-state index in [1.54, 1.807) is 0 Å². The van der Waals surface area contributed by atoms with Gasteiger partial charge in [-0.25, -0.2) is 14.2 Å². The molecule has 0 aliphatic rings. The summed E-state index contributed by atoms with van der Waals surface area (Å²) in [6.07, 6.45) is 0. The van der Waals surface area contributed by atoms with Crippen molar-refractivity contribution < 1.29 is 8.78 Å². The van der Waals surface area contributed by atoms with Crippen molar-refractivity contribution >= 4 is 23.2 Å². The quantitative estimate of drug-likeness (QED) is 0.668. The Bertz CT molecular complexity index is 585. The summed E-state index contributed by atoms with van der Waals surface area (Å²) in [5, 5.41) is 0.451. The summed E-state index contributed by atoms with van der Waals surface area (Å²) < 4.78 is 27.2. The molecule has 1 unspecified atom stereocenters. The molecule has 0 aromatic heterocycles. The third-order valence-electron chi connectivity index (χ3n) is 2.72. The molecule has 0 saturated heterocycles. The standard InChI is InChI=1S/C13H10Cl2F2N2/c14-9-5-4-7(16)6-8(9)13(19-18)12-10(15)2-1-3-11(12)17/h1-6,13,19H,18H2. The minimum Gasteiger partial charge on any atom is -0.271 e. The van der Waals surface area contributed by atoms with E-state index in [0.717, 1.165) is 0 Å². The van der Waals surface area contributed by atoms with Crippen molar-refractivity contribution in [1.82, 2.24) is 5.43 Å². The molecular formula is C13H10Cl2F2N2. The Morgan fingerprint density at radius 3 is 2.42 bits per heavy atom. The van der Waals surface area contributed by atoms with Crippen LogP contribution in [0.3, 0.4) is 0 Å². The fourth-order valence-corrected chi connectivity index (χ4v) is 2.35. The molecule has 0 bridgehead atoms. The molecular weight excluding hydrogens is 293 g/mol. The zero-order valence-electron chi connectivity index (χ0n) is 9.63. The molecule has 0 amide bonds. The minimum absolute atomic E-state index is 0.124. The van der Waals surface area contributed by atoms with E-state index in [9.17, 15) is 8.78 Å². The first-order valence-corrected chi connectivity index (χ1v) is 6.15. The maximum atomic E-state index is 13.9. The van der Waals surface area contributed by atoms with Crippen LogP contribution in [0.15, 0.2) is 36.4 Å². The van der Waals surface area contributed by atoms with Crippen molar-refractivity contribution in [2.75, 3.05) is 0 Å². The SMILES string of the molecule is NNC(c1cc(F)ccc1Cl)c1c(F)cccc1Cl. The van der Waals surface area contributed by atoms with Gasteiger partial charge in [-0.05, 0) is 35.9 Å². The Labute approximate surface area is 119 Å². The van der Waals surface area contributed by atoms with Crippen molar-refractivity contribution in [3.63, 3.8) is 0 Å². The summed E-state index contributed by atoms with van der Waals surface area (Å²) in [7, 11) is 0.